The number of carbonyl (C=O) groups is 1. The first-order chi connectivity index (χ1) is 9.96. The van der Waals surface area contributed by atoms with Crippen molar-refractivity contribution in [3.05, 3.63) is 35.9 Å². The average molecular weight is 357 g/mol. The van der Waals surface area contributed by atoms with Gasteiger partial charge in [-0.1, -0.05) is 0 Å². The molecule has 21 heavy (non-hydrogen) atoms. The topological polar surface area (TPSA) is 65.0 Å². The molecule has 114 valence electrons. The van der Waals surface area contributed by atoms with Crippen molar-refractivity contribution in [2.24, 2.45) is 0 Å². The Morgan fingerprint density at radius 3 is 2.67 bits per heavy atom. The van der Waals surface area contributed by atoms with Crippen LogP contribution >= 0.6 is 0 Å². The van der Waals surface area contributed by atoms with E-state index in [0.29, 0.717) is 10.9 Å². The van der Waals surface area contributed by atoms with Gasteiger partial charge in [0.05, 0.1) is 0 Å². The van der Waals surface area contributed by atoms with Gasteiger partial charge in [0.2, 0.25) is 0 Å². The SMILES string of the molecule is CC1(C)O[C@H]2O[C@H](C[Se]C(=O)c3ccccc3)[C@H](O)[C@H]2O1. The van der Waals surface area contributed by atoms with Crippen LogP contribution in [0.2, 0.25) is 5.32 Å². The van der Waals surface area contributed by atoms with Gasteiger partial charge < -0.3 is 0 Å². The molecule has 6 heteroatoms. The third-order valence-electron chi connectivity index (χ3n) is 3.50. The Balaban J connectivity index is 1.55. The second-order valence-corrected chi connectivity index (χ2v) is 7.68. The molecular weight excluding hydrogens is 339 g/mol. The zero-order valence-corrected chi connectivity index (χ0v) is 13.6. The van der Waals surface area contributed by atoms with E-state index in [1.807, 2.05) is 18.2 Å². The van der Waals surface area contributed by atoms with Crippen molar-refractivity contribution in [3.63, 3.8) is 0 Å². The van der Waals surface area contributed by atoms with E-state index in [9.17, 15) is 9.90 Å². The quantitative estimate of drug-likeness (QED) is 0.820. The Bertz CT molecular complexity index is 518. The molecule has 0 radical (unpaired) electrons. The maximum atomic E-state index is 12.1. The number of aliphatic hydroxyl groups excluding tert-OH is 1. The first kappa shape index (κ1) is 15.2. The van der Waals surface area contributed by atoms with Crippen molar-refractivity contribution in [1.82, 2.24) is 0 Å². The van der Waals surface area contributed by atoms with Crippen LogP contribution in [-0.4, -0.2) is 55.1 Å². The minimum atomic E-state index is -0.748. The molecule has 2 aliphatic heterocycles. The fourth-order valence-electron chi connectivity index (χ4n) is 2.51. The van der Waals surface area contributed by atoms with Crippen molar-refractivity contribution in [3.8, 4) is 0 Å². The van der Waals surface area contributed by atoms with Crippen LogP contribution in [-0.2, 0) is 14.2 Å². The number of fused-ring (bicyclic) bond motifs is 1. The fraction of sp³-hybridized carbons (Fsp3) is 0.533. The average Bonchev–Trinajstić information content (AvgIpc) is 2.91. The van der Waals surface area contributed by atoms with E-state index >= 15 is 0 Å². The summed E-state index contributed by atoms with van der Waals surface area (Å²) in [6.45, 7) is 3.58. The zero-order valence-electron chi connectivity index (χ0n) is 11.9. The summed E-state index contributed by atoms with van der Waals surface area (Å²) in [5.41, 5.74) is 0.707. The standard InChI is InChI=1S/C15H18O5Se/c1-15(2)19-12-11(16)10(18-14(12)20-15)8-21-13(17)9-6-4-3-5-7-9/h3-7,10-12,14,16H,8H2,1-2H3/t10-,11+,12-,14-/m1/s1. The third kappa shape index (κ3) is 3.21. The van der Waals surface area contributed by atoms with Crippen molar-refractivity contribution >= 4 is 19.6 Å². The van der Waals surface area contributed by atoms with Gasteiger partial charge in [0.15, 0.2) is 0 Å². The van der Waals surface area contributed by atoms with Gasteiger partial charge in [-0.2, -0.15) is 0 Å². The van der Waals surface area contributed by atoms with E-state index in [4.69, 9.17) is 14.2 Å². The summed E-state index contributed by atoms with van der Waals surface area (Å²) < 4.78 is 17.0. The number of carbonyl (C=O) groups excluding carboxylic acids is 1. The van der Waals surface area contributed by atoms with Gasteiger partial charge in [0.25, 0.3) is 0 Å². The first-order valence-electron chi connectivity index (χ1n) is 6.88. The number of benzene rings is 1. The van der Waals surface area contributed by atoms with Crippen LogP contribution in [0.15, 0.2) is 30.3 Å². The van der Waals surface area contributed by atoms with Crippen molar-refractivity contribution in [2.45, 2.75) is 49.6 Å². The molecule has 3 rings (SSSR count). The Morgan fingerprint density at radius 1 is 1.29 bits per heavy atom. The van der Waals surface area contributed by atoms with E-state index in [2.05, 4.69) is 0 Å². The molecule has 2 fully saturated rings. The van der Waals surface area contributed by atoms with Crippen LogP contribution in [0.4, 0.5) is 0 Å². The molecule has 2 aliphatic rings. The molecule has 0 unspecified atom stereocenters. The van der Waals surface area contributed by atoms with Gasteiger partial charge in [-0.15, -0.1) is 0 Å². The Morgan fingerprint density at radius 2 is 2.00 bits per heavy atom. The van der Waals surface area contributed by atoms with E-state index in [0.717, 1.165) is 0 Å². The van der Waals surface area contributed by atoms with Crippen LogP contribution in [0, 0.1) is 0 Å². The summed E-state index contributed by atoms with van der Waals surface area (Å²) in [5, 5.41) is 10.8. The number of aliphatic hydroxyl groups is 1. The number of rotatable bonds is 4. The molecule has 5 nitrogen and oxygen atoms in total. The summed E-state index contributed by atoms with van der Waals surface area (Å²) in [6.07, 6.45) is -2.15. The van der Waals surface area contributed by atoms with Gasteiger partial charge in [0.1, 0.15) is 0 Å². The molecule has 2 saturated heterocycles. The molecule has 0 spiro atoms. The summed E-state index contributed by atoms with van der Waals surface area (Å²) in [4.78, 5) is 12.1. The van der Waals surface area contributed by atoms with Crippen LogP contribution in [0.1, 0.15) is 24.2 Å². The Hall–Kier alpha value is -0.751. The predicted molar refractivity (Wildman–Crippen MR) is 76.0 cm³/mol. The summed E-state index contributed by atoms with van der Waals surface area (Å²) >= 11 is -0.277. The molecule has 1 aromatic rings. The van der Waals surface area contributed by atoms with Crippen molar-refractivity contribution < 1.29 is 24.1 Å². The van der Waals surface area contributed by atoms with Crippen LogP contribution in [0.25, 0.3) is 0 Å². The molecule has 0 aliphatic carbocycles. The first-order valence-corrected chi connectivity index (χ1v) is 8.94. The van der Waals surface area contributed by atoms with Crippen molar-refractivity contribution in [1.29, 1.82) is 0 Å². The number of hydrogen-bond acceptors (Lipinski definition) is 5. The maximum absolute atomic E-state index is 12.1. The molecule has 0 aromatic heterocycles. The number of ether oxygens (including phenoxy) is 3. The molecule has 4 atom stereocenters. The van der Waals surface area contributed by atoms with Crippen LogP contribution in [0.3, 0.4) is 0 Å². The van der Waals surface area contributed by atoms with Gasteiger partial charge in [-0.3, -0.25) is 0 Å². The van der Waals surface area contributed by atoms with E-state index in [1.54, 1.807) is 26.0 Å². The van der Waals surface area contributed by atoms with E-state index < -0.39 is 30.4 Å². The second-order valence-electron chi connectivity index (χ2n) is 5.60. The van der Waals surface area contributed by atoms with Gasteiger partial charge in [-0.05, 0) is 0 Å². The molecular formula is C15H18O5Se. The molecule has 0 saturated carbocycles. The van der Waals surface area contributed by atoms with Gasteiger partial charge >= 0.3 is 129 Å². The Kier molecular flexibility index (Phi) is 4.19. The third-order valence-corrected chi connectivity index (χ3v) is 5.59. The normalized spacial score (nSPS) is 33.9. The monoisotopic (exact) mass is 358 g/mol. The second kappa shape index (κ2) is 5.80. The van der Waals surface area contributed by atoms with E-state index in [1.165, 1.54) is 0 Å². The minimum absolute atomic E-state index is 0.109. The van der Waals surface area contributed by atoms with E-state index in [-0.39, 0.29) is 19.6 Å². The Labute approximate surface area is 129 Å². The summed E-state index contributed by atoms with van der Waals surface area (Å²) in [7, 11) is 0. The molecule has 2 heterocycles. The van der Waals surface area contributed by atoms with Gasteiger partial charge in [-0.25, -0.2) is 0 Å². The molecule has 0 bridgehead atoms. The van der Waals surface area contributed by atoms with Crippen LogP contribution < -0.4 is 0 Å². The summed E-state index contributed by atoms with van der Waals surface area (Å²) in [5.74, 6) is -0.730. The fourth-order valence-corrected chi connectivity index (χ4v) is 4.39. The molecule has 1 aromatic carbocycles. The van der Waals surface area contributed by atoms with Crippen molar-refractivity contribution in [2.75, 3.05) is 0 Å². The summed E-state index contributed by atoms with van der Waals surface area (Å²) in [6, 6.07) is 9.18. The molecule has 1 N–H and O–H groups in total. The zero-order chi connectivity index (χ0) is 15.0. The molecule has 0 amide bonds. The number of hydrogen-bond donors (Lipinski definition) is 1. The van der Waals surface area contributed by atoms with Gasteiger partial charge in [0, 0.05) is 0 Å². The van der Waals surface area contributed by atoms with Crippen LogP contribution in [0.5, 0.6) is 0 Å². The predicted octanol–water partition coefficient (Wildman–Crippen LogP) is 1.19.